The van der Waals surface area contributed by atoms with E-state index in [1.54, 1.807) is 37.9 Å². The topological polar surface area (TPSA) is 129 Å². The third-order valence-corrected chi connectivity index (χ3v) is 8.99. The first-order valence-electron chi connectivity index (χ1n) is 15.7. The van der Waals surface area contributed by atoms with Crippen LogP contribution in [-0.4, -0.2) is 88.5 Å². The zero-order chi connectivity index (χ0) is 31.8. The van der Waals surface area contributed by atoms with Gasteiger partial charge in [-0.25, -0.2) is 4.39 Å². The minimum absolute atomic E-state index is 0.0149. The summed E-state index contributed by atoms with van der Waals surface area (Å²) < 4.78 is 17.0. The first-order valence-corrected chi connectivity index (χ1v) is 15.7. The molecule has 1 aromatic heterocycles. The molecular weight excluding hydrogens is 565 g/mol. The van der Waals surface area contributed by atoms with Crippen LogP contribution in [0.5, 0.6) is 0 Å². The van der Waals surface area contributed by atoms with Gasteiger partial charge in [-0.1, -0.05) is 45.6 Å². The van der Waals surface area contributed by atoms with Crippen molar-refractivity contribution in [3.05, 3.63) is 47.5 Å². The number of aromatic nitrogens is 2. The van der Waals surface area contributed by atoms with E-state index < -0.39 is 35.6 Å². The maximum Gasteiger partial charge on any atom is 0.270 e. The normalized spacial score (nSPS) is 18.5. The van der Waals surface area contributed by atoms with Gasteiger partial charge in [-0.15, -0.1) is 0 Å². The number of benzene rings is 1. The molecule has 3 unspecified atom stereocenters. The van der Waals surface area contributed by atoms with E-state index in [0.717, 1.165) is 51.6 Å². The van der Waals surface area contributed by atoms with Crippen molar-refractivity contribution in [1.82, 2.24) is 30.2 Å². The molecule has 2 heterocycles. The standard InChI is InChI=1S/C32H46FN7O4/c1-5-27(41)36-28(32(44)40-18-16-38(3)17-19-40)21(2)23-12-13-25(24(33)20-23)35-31(43)29(22-10-8-6-7-9-11-22)37-30(42)26-14-15-34-39(26)4/h12-15,20-22,28-29H,5-11,16-19H2,1-4H3,(H,35,43)(H,36,41)(H,37,42). The molecule has 3 atom stereocenters. The maximum atomic E-state index is 15.6. The van der Waals surface area contributed by atoms with Crippen LogP contribution in [0.25, 0.3) is 0 Å². The summed E-state index contributed by atoms with van der Waals surface area (Å²) in [5.74, 6) is -2.61. The fourth-order valence-electron chi connectivity index (χ4n) is 6.07. The summed E-state index contributed by atoms with van der Waals surface area (Å²) in [7, 11) is 3.65. The second-order valence-corrected chi connectivity index (χ2v) is 12.1. The number of anilines is 1. The predicted octanol–water partition coefficient (Wildman–Crippen LogP) is 3.04. The Bertz CT molecular complexity index is 1320. The molecule has 2 fully saturated rings. The molecule has 11 nitrogen and oxygen atoms in total. The maximum absolute atomic E-state index is 15.6. The number of aryl methyl sites for hydroxylation is 1. The van der Waals surface area contributed by atoms with Crippen molar-refractivity contribution in [2.24, 2.45) is 13.0 Å². The van der Waals surface area contributed by atoms with Crippen LogP contribution in [0.4, 0.5) is 10.1 Å². The molecule has 0 spiro atoms. The zero-order valence-corrected chi connectivity index (χ0v) is 26.3. The number of hydrogen-bond donors (Lipinski definition) is 3. The van der Waals surface area contributed by atoms with Crippen LogP contribution in [0, 0.1) is 11.7 Å². The van der Waals surface area contributed by atoms with Crippen LogP contribution < -0.4 is 16.0 Å². The van der Waals surface area contributed by atoms with E-state index in [2.05, 4.69) is 25.9 Å². The van der Waals surface area contributed by atoms with E-state index in [1.165, 1.54) is 23.0 Å². The van der Waals surface area contributed by atoms with E-state index in [0.29, 0.717) is 24.3 Å². The number of amides is 4. The van der Waals surface area contributed by atoms with Gasteiger partial charge in [-0.2, -0.15) is 5.10 Å². The van der Waals surface area contributed by atoms with Crippen molar-refractivity contribution in [1.29, 1.82) is 0 Å². The quantitative estimate of drug-likeness (QED) is 0.355. The average molecular weight is 612 g/mol. The van der Waals surface area contributed by atoms with Gasteiger partial charge in [0.2, 0.25) is 17.7 Å². The Morgan fingerprint density at radius 2 is 1.66 bits per heavy atom. The highest BCUT2D eigenvalue weighted by Gasteiger charge is 2.34. The molecular formula is C32H46FN7O4. The van der Waals surface area contributed by atoms with Gasteiger partial charge in [0.15, 0.2) is 0 Å². The Labute approximate surface area is 258 Å². The first kappa shape index (κ1) is 33.1. The number of nitrogens with one attached hydrogen (secondary N) is 3. The highest BCUT2D eigenvalue weighted by molar-refractivity contribution is 6.00. The fourth-order valence-corrected chi connectivity index (χ4v) is 6.07. The molecule has 12 heteroatoms. The molecule has 1 aliphatic heterocycles. The molecule has 1 saturated heterocycles. The van der Waals surface area contributed by atoms with E-state index in [4.69, 9.17) is 0 Å². The molecule has 3 N–H and O–H groups in total. The zero-order valence-electron chi connectivity index (χ0n) is 26.3. The number of likely N-dealkylation sites (N-methyl/N-ethyl adjacent to an activating group) is 1. The minimum atomic E-state index is -0.854. The highest BCUT2D eigenvalue weighted by atomic mass is 19.1. The van der Waals surface area contributed by atoms with Crippen molar-refractivity contribution >= 4 is 29.3 Å². The molecule has 2 aromatic rings. The second-order valence-electron chi connectivity index (χ2n) is 12.1. The molecule has 0 radical (unpaired) electrons. The number of nitrogens with zero attached hydrogens (tertiary/aromatic N) is 4. The third kappa shape index (κ3) is 8.22. The Balaban J connectivity index is 1.52. The Morgan fingerprint density at radius 1 is 0.977 bits per heavy atom. The Hall–Kier alpha value is -3.80. The molecule has 44 heavy (non-hydrogen) atoms. The Kier molecular flexibility index (Phi) is 11.5. The lowest BCUT2D eigenvalue weighted by Gasteiger charge is -2.36. The van der Waals surface area contributed by atoms with E-state index in [1.807, 2.05) is 7.05 Å². The molecule has 240 valence electrons. The van der Waals surface area contributed by atoms with Crippen molar-refractivity contribution < 1.29 is 23.6 Å². The lowest BCUT2D eigenvalue weighted by atomic mass is 9.90. The van der Waals surface area contributed by atoms with Gasteiger partial charge in [-0.05, 0) is 49.6 Å². The predicted molar refractivity (Wildman–Crippen MR) is 165 cm³/mol. The summed E-state index contributed by atoms with van der Waals surface area (Å²) in [5.41, 5.74) is 0.838. The van der Waals surface area contributed by atoms with Gasteiger partial charge in [0.05, 0.1) is 5.69 Å². The molecule has 4 rings (SSSR count). The number of carbonyl (C=O) groups is 4. The lowest BCUT2D eigenvalue weighted by molar-refractivity contribution is -0.138. The van der Waals surface area contributed by atoms with Crippen LogP contribution in [0.3, 0.4) is 0 Å². The third-order valence-electron chi connectivity index (χ3n) is 8.99. The van der Waals surface area contributed by atoms with E-state index in [9.17, 15) is 19.2 Å². The Morgan fingerprint density at radius 3 is 2.25 bits per heavy atom. The van der Waals surface area contributed by atoms with Gasteiger partial charge in [0, 0.05) is 51.8 Å². The monoisotopic (exact) mass is 611 g/mol. The van der Waals surface area contributed by atoms with Crippen molar-refractivity contribution in [3.63, 3.8) is 0 Å². The van der Waals surface area contributed by atoms with Crippen LogP contribution in [0.15, 0.2) is 30.5 Å². The molecule has 2 aliphatic rings. The van der Waals surface area contributed by atoms with Crippen molar-refractivity contribution in [2.75, 3.05) is 38.5 Å². The SMILES string of the molecule is CCC(=O)NC(C(=O)N1CCN(C)CC1)C(C)c1ccc(NC(=O)C(NC(=O)c2ccnn2C)C2CCCCCC2)c(F)c1. The van der Waals surface area contributed by atoms with Gasteiger partial charge in [0.1, 0.15) is 23.6 Å². The van der Waals surface area contributed by atoms with Crippen LogP contribution in [0.2, 0.25) is 0 Å². The van der Waals surface area contributed by atoms with Crippen LogP contribution in [0.1, 0.15) is 80.8 Å². The summed E-state index contributed by atoms with van der Waals surface area (Å²) in [6.07, 6.45) is 7.38. The van der Waals surface area contributed by atoms with Gasteiger partial charge in [-0.3, -0.25) is 23.9 Å². The fraction of sp³-hybridized carbons (Fsp3) is 0.594. The smallest absolute Gasteiger partial charge is 0.270 e. The van der Waals surface area contributed by atoms with E-state index in [-0.39, 0.29) is 29.8 Å². The van der Waals surface area contributed by atoms with Gasteiger partial charge >= 0.3 is 0 Å². The summed E-state index contributed by atoms with van der Waals surface area (Å²) in [6.45, 7) is 6.09. The van der Waals surface area contributed by atoms with Crippen LogP contribution in [-0.2, 0) is 21.4 Å². The summed E-state index contributed by atoms with van der Waals surface area (Å²) in [4.78, 5) is 56.5. The van der Waals surface area contributed by atoms with Crippen LogP contribution >= 0.6 is 0 Å². The molecule has 1 aliphatic carbocycles. The van der Waals surface area contributed by atoms with Crippen molar-refractivity contribution in [2.45, 2.75) is 76.8 Å². The molecule has 1 aromatic carbocycles. The lowest BCUT2D eigenvalue weighted by Crippen LogP contribution is -2.55. The number of halogens is 1. The highest BCUT2D eigenvalue weighted by Crippen LogP contribution is 2.29. The summed E-state index contributed by atoms with van der Waals surface area (Å²) in [6, 6.07) is 4.33. The summed E-state index contributed by atoms with van der Waals surface area (Å²) in [5, 5.41) is 12.5. The molecule has 1 saturated carbocycles. The molecule has 4 amide bonds. The second kappa shape index (κ2) is 15.3. The first-order chi connectivity index (χ1) is 21.1. The van der Waals surface area contributed by atoms with Gasteiger partial charge in [0.25, 0.3) is 5.91 Å². The number of hydrogen-bond acceptors (Lipinski definition) is 6. The number of piperazine rings is 1. The minimum Gasteiger partial charge on any atom is -0.344 e. The molecule has 0 bridgehead atoms. The average Bonchev–Trinajstić information content (AvgIpc) is 3.27. The summed E-state index contributed by atoms with van der Waals surface area (Å²) >= 11 is 0. The van der Waals surface area contributed by atoms with Gasteiger partial charge < -0.3 is 25.8 Å². The largest absolute Gasteiger partial charge is 0.344 e. The number of rotatable bonds is 10. The van der Waals surface area contributed by atoms with Crippen molar-refractivity contribution in [3.8, 4) is 0 Å². The number of carbonyl (C=O) groups excluding carboxylic acids is 4. The van der Waals surface area contributed by atoms with E-state index >= 15 is 4.39 Å².